The van der Waals surface area contributed by atoms with Crippen molar-refractivity contribution in [1.29, 1.82) is 0 Å². The molecule has 11 heteroatoms. The molecule has 2 fully saturated rings. The Morgan fingerprint density at radius 1 is 1.28 bits per heavy atom. The van der Waals surface area contributed by atoms with Gasteiger partial charge in [0.05, 0.1) is 24.9 Å². The number of carbonyl (C=O) groups is 1. The smallest absolute Gasteiger partial charge is 0.263 e. The molecule has 1 aliphatic heterocycles. The quantitative estimate of drug-likeness (QED) is 0.695. The summed E-state index contributed by atoms with van der Waals surface area (Å²) >= 11 is 1.18. The first-order valence-electron chi connectivity index (χ1n) is 11.1. The lowest BCUT2D eigenvalue weighted by molar-refractivity contribution is -0.123. The average molecular weight is 483 g/mol. The lowest BCUT2D eigenvalue weighted by Gasteiger charge is -2.34. The lowest BCUT2D eigenvalue weighted by Crippen LogP contribution is -2.45. The molecule has 2 aromatic rings. The number of nitrogens with one attached hydrogen (secondary N) is 1. The maximum Gasteiger partial charge on any atom is 0.263 e. The molecule has 0 spiro atoms. The SMILES string of the molecule is Cc1sc2ncn(CC(=O)N[C@@H]3CCC[C@@H](C)[C@@H]3C)c(=O)c2c1S(=O)(=O)N1CCOCC1. The molecule has 1 saturated carbocycles. The van der Waals surface area contributed by atoms with Crippen LogP contribution in [0.5, 0.6) is 0 Å². The van der Waals surface area contributed by atoms with Gasteiger partial charge >= 0.3 is 0 Å². The van der Waals surface area contributed by atoms with E-state index in [0.717, 1.165) is 19.3 Å². The van der Waals surface area contributed by atoms with Crippen molar-refractivity contribution in [2.75, 3.05) is 26.3 Å². The van der Waals surface area contributed by atoms with Crippen LogP contribution in [0.2, 0.25) is 0 Å². The summed E-state index contributed by atoms with van der Waals surface area (Å²) in [5, 5.41) is 3.12. The van der Waals surface area contributed by atoms with Gasteiger partial charge in [-0.2, -0.15) is 4.31 Å². The monoisotopic (exact) mass is 482 g/mol. The molecule has 176 valence electrons. The number of carbonyl (C=O) groups excluding carboxylic acids is 1. The molecule has 3 atom stereocenters. The summed E-state index contributed by atoms with van der Waals surface area (Å²) in [6.07, 6.45) is 4.49. The summed E-state index contributed by atoms with van der Waals surface area (Å²) in [5.74, 6) is 0.648. The summed E-state index contributed by atoms with van der Waals surface area (Å²) in [5.41, 5.74) is -0.508. The number of hydrogen-bond acceptors (Lipinski definition) is 7. The van der Waals surface area contributed by atoms with Gasteiger partial charge in [0.2, 0.25) is 15.9 Å². The zero-order chi connectivity index (χ0) is 23.0. The first kappa shape index (κ1) is 23.3. The highest BCUT2D eigenvalue weighted by Crippen LogP contribution is 2.33. The Kier molecular flexibility index (Phi) is 6.71. The van der Waals surface area contributed by atoms with Crippen molar-refractivity contribution in [2.45, 2.75) is 57.5 Å². The van der Waals surface area contributed by atoms with Crippen LogP contribution in [0.25, 0.3) is 10.2 Å². The molecule has 3 heterocycles. The second-order valence-corrected chi connectivity index (χ2v) is 11.9. The average Bonchev–Trinajstić information content (AvgIpc) is 3.11. The first-order valence-corrected chi connectivity index (χ1v) is 13.3. The van der Waals surface area contributed by atoms with E-state index < -0.39 is 15.6 Å². The molecule has 4 rings (SSSR count). The zero-order valence-corrected chi connectivity index (χ0v) is 20.3. The number of aromatic nitrogens is 2. The first-order chi connectivity index (χ1) is 15.2. The standard InChI is InChI=1S/C21H30N4O5S2/c1-13-5-4-6-16(14(13)2)23-17(26)11-24-12-22-20-18(21(24)27)19(15(3)31-20)32(28,29)25-7-9-30-10-8-25/h12-14,16H,4-11H2,1-3H3,(H,23,26)/t13-,14+,16-/m1/s1. The molecule has 2 aromatic heterocycles. The van der Waals surface area contributed by atoms with Crippen LogP contribution in [-0.2, 0) is 26.1 Å². The fourth-order valence-electron chi connectivity index (χ4n) is 4.65. The molecule has 0 aromatic carbocycles. The number of aryl methyl sites for hydroxylation is 1. The molecular weight excluding hydrogens is 452 g/mol. The highest BCUT2D eigenvalue weighted by atomic mass is 32.2. The minimum atomic E-state index is -3.87. The maximum atomic E-state index is 13.3. The molecule has 0 radical (unpaired) electrons. The van der Waals surface area contributed by atoms with E-state index in [9.17, 15) is 18.0 Å². The highest BCUT2D eigenvalue weighted by molar-refractivity contribution is 7.89. The van der Waals surface area contributed by atoms with Gasteiger partial charge in [-0.1, -0.05) is 26.7 Å². The molecule has 0 bridgehead atoms. The third-order valence-corrected chi connectivity index (χ3v) is 9.95. The van der Waals surface area contributed by atoms with E-state index in [1.807, 2.05) is 0 Å². The van der Waals surface area contributed by atoms with Crippen molar-refractivity contribution >= 4 is 37.5 Å². The predicted octanol–water partition coefficient (Wildman–Crippen LogP) is 1.73. The largest absolute Gasteiger partial charge is 0.379 e. The minimum absolute atomic E-state index is 0.00128. The molecule has 2 aliphatic rings. The molecule has 9 nitrogen and oxygen atoms in total. The van der Waals surface area contributed by atoms with Gasteiger partial charge < -0.3 is 10.1 Å². The van der Waals surface area contributed by atoms with Crippen molar-refractivity contribution < 1.29 is 17.9 Å². The third kappa shape index (κ3) is 4.35. The molecule has 1 amide bonds. The lowest BCUT2D eigenvalue weighted by atomic mass is 9.78. The summed E-state index contributed by atoms with van der Waals surface area (Å²) < 4.78 is 34.5. The summed E-state index contributed by atoms with van der Waals surface area (Å²) in [6, 6.07) is 0.0827. The van der Waals surface area contributed by atoms with Crippen molar-refractivity contribution in [3.63, 3.8) is 0 Å². The van der Waals surface area contributed by atoms with E-state index >= 15 is 0 Å². The van der Waals surface area contributed by atoms with E-state index in [4.69, 9.17) is 4.74 Å². The van der Waals surface area contributed by atoms with Gasteiger partial charge in [0.1, 0.15) is 16.3 Å². The highest BCUT2D eigenvalue weighted by Gasteiger charge is 2.33. The van der Waals surface area contributed by atoms with E-state index in [1.165, 1.54) is 26.5 Å². The van der Waals surface area contributed by atoms with Gasteiger partial charge in [-0.3, -0.25) is 14.2 Å². The second kappa shape index (κ2) is 9.20. The summed E-state index contributed by atoms with van der Waals surface area (Å²) in [6.45, 7) is 6.96. The fraction of sp³-hybridized carbons (Fsp3) is 0.667. The van der Waals surface area contributed by atoms with Crippen molar-refractivity contribution in [3.8, 4) is 0 Å². The zero-order valence-electron chi connectivity index (χ0n) is 18.7. The summed E-state index contributed by atoms with van der Waals surface area (Å²) in [7, 11) is -3.87. The van der Waals surface area contributed by atoms with E-state index in [-0.39, 0.29) is 41.9 Å². The molecule has 1 N–H and O–H groups in total. The van der Waals surface area contributed by atoms with Crippen molar-refractivity contribution in [3.05, 3.63) is 21.6 Å². The predicted molar refractivity (Wildman–Crippen MR) is 122 cm³/mol. The van der Waals surface area contributed by atoms with Crippen LogP contribution in [-0.4, -0.2) is 60.5 Å². The van der Waals surface area contributed by atoms with E-state index in [1.54, 1.807) is 6.92 Å². The van der Waals surface area contributed by atoms with Crippen LogP contribution in [0.4, 0.5) is 0 Å². The van der Waals surface area contributed by atoms with E-state index in [0.29, 0.717) is 34.8 Å². The Labute approximate surface area is 191 Å². The van der Waals surface area contributed by atoms with Gasteiger partial charge in [0.15, 0.2) is 0 Å². The maximum absolute atomic E-state index is 13.3. The van der Waals surface area contributed by atoms with Gasteiger partial charge in [-0.15, -0.1) is 11.3 Å². The van der Waals surface area contributed by atoms with Crippen LogP contribution in [0.3, 0.4) is 0 Å². The fourth-order valence-corrected chi connectivity index (χ4v) is 7.72. The number of fused-ring (bicyclic) bond motifs is 1. The Hall–Kier alpha value is -1.82. The molecule has 1 aliphatic carbocycles. The van der Waals surface area contributed by atoms with Crippen LogP contribution in [0.1, 0.15) is 38.0 Å². The third-order valence-electron chi connectivity index (χ3n) is 6.73. The van der Waals surface area contributed by atoms with Crippen LogP contribution in [0.15, 0.2) is 16.0 Å². The van der Waals surface area contributed by atoms with Gasteiger partial charge in [-0.25, -0.2) is 13.4 Å². The number of morpholine rings is 1. The van der Waals surface area contributed by atoms with Gasteiger partial charge in [0.25, 0.3) is 5.56 Å². The molecule has 0 unspecified atom stereocenters. The summed E-state index contributed by atoms with van der Waals surface area (Å²) in [4.78, 5) is 31.2. The molecule has 1 saturated heterocycles. The molecular formula is C21H30N4O5S2. The minimum Gasteiger partial charge on any atom is -0.379 e. The van der Waals surface area contributed by atoms with Crippen LogP contribution >= 0.6 is 11.3 Å². The number of rotatable bonds is 5. The Morgan fingerprint density at radius 3 is 2.72 bits per heavy atom. The molecule has 32 heavy (non-hydrogen) atoms. The van der Waals surface area contributed by atoms with Crippen molar-refractivity contribution in [1.82, 2.24) is 19.2 Å². The van der Waals surface area contributed by atoms with E-state index in [2.05, 4.69) is 24.1 Å². The number of nitrogens with zero attached hydrogens (tertiary/aromatic N) is 3. The number of amides is 1. The number of sulfonamides is 1. The Morgan fingerprint density at radius 2 is 2.00 bits per heavy atom. The Balaban J connectivity index is 1.63. The normalized spacial score (nSPS) is 25.2. The van der Waals surface area contributed by atoms with Gasteiger partial charge in [-0.05, 0) is 25.2 Å². The number of ether oxygens (including phenoxy) is 1. The van der Waals surface area contributed by atoms with Gasteiger partial charge in [0, 0.05) is 24.0 Å². The van der Waals surface area contributed by atoms with Crippen molar-refractivity contribution in [2.24, 2.45) is 11.8 Å². The number of hydrogen-bond donors (Lipinski definition) is 1. The number of thiophene rings is 1. The van der Waals surface area contributed by atoms with Crippen LogP contribution < -0.4 is 10.9 Å². The topological polar surface area (TPSA) is 111 Å². The van der Waals surface area contributed by atoms with Crippen LogP contribution in [0, 0.1) is 18.8 Å². The second-order valence-electron chi connectivity index (χ2n) is 8.80. The Bertz CT molecular complexity index is 1170.